The summed E-state index contributed by atoms with van der Waals surface area (Å²) in [4.78, 5) is 6.61. The summed E-state index contributed by atoms with van der Waals surface area (Å²) in [7, 11) is 0. The van der Waals surface area contributed by atoms with E-state index in [2.05, 4.69) is 29.8 Å². The lowest BCUT2D eigenvalue weighted by Gasteiger charge is -2.21. The van der Waals surface area contributed by atoms with Crippen molar-refractivity contribution < 1.29 is 0 Å². The Kier molecular flexibility index (Phi) is 4.40. The Labute approximate surface area is 85.9 Å². The van der Waals surface area contributed by atoms with E-state index in [9.17, 15) is 0 Å². The first kappa shape index (κ1) is 11.0. The average Bonchev–Trinajstić information content (AvgIpc) is 2.26. The second kappa shape index (κ2) is 5.60. The van der Waals surface area contributed by atoms with Crippen molar-refractivity contribution in [1.82, 2.24) is 4.98 Å². The fraction of sp³-hybridized carbons (Fsp3) is 0.545. The Morgan fingerprint density at radius 1 is 1.43 bits per heavy atom. The Hall–Kier alpha value is -1.09. The summed E-state index contributed by atoms with van der Waals surface area (Å²) in [5.41, 5.74) is 6.73. The topological polar surface area (TPSA) is 42.1 Å². The monoisotopic (exact) mass is 193 g/mol. The molecular formula is C11H19N3. The molecule has 0 amide bonds. The maximum absolute atomic E-state index is 5.59. The van der Waals surface area contributed by atoms with Crippen molar-refractivity contribution in [3.63, 3.8) is 0 Å². The van der Waals surface area contributed by atoms with Gasteiger partial charge in [0.05, 0.1) is 0 Å². The van der Waals surface area contributed by atoms with Crippen LogP contribution in [0, 0.1) is 0 Å². The molecule has 0 saturated heterocycles. The average molecular weight is 193 g/mol. The van der Waals surface area contributed by atoms with Gasteiger partial charge in [-0.2, -0.15) is 0 Å². The Morgan fingerprint density at radius 3 is 2.79 bits per heavy atom. The lowest BCUT2D eigenvalue weighted by Crippen LogP contribution is -2.24. The summed E-state index contributed by atoms with van der Waals surface area (Å²) in [5.74, 6) is 1.04. The van der Waals surface area contributed by atoms with Gasteiger partial charge in [-0.25, -0.2) is 4.98 Å². The van der Waals surface area contributed by atoms with Crippen LogP contribution in [0.15, 0.2) is 18.3 Å². The highest BCUT2D eigenvalue weighted by Crippen LogP contribution is 2.12. The van der Waals surface area contributed by atoms with Crippen LogP contribution in [-0.4, -0.2) is 18.1 Å². The van der Waals surface area contributed by atoms with Crippen molar-refractivity contribution in [3.05, 3.63) is 23.9 Å². The maximum atomic E-state index is 5.59. The summed E-state index contributed by atoms with van der Waals surface area (Å²) >= 11 is 0. The third-order valence-electron chi connectivity index (χ3n) is 2.24. The highest BCUT2D eigenvalue weighted by molar-refractivity contribution is 5.40. The second-order valence-corrected chi connectivity index (χ2v) is 3.31. The molecule has 0 aliphatic rings. The normalized spacial score (nSPS) is 10.2. The van der Waals surface area contributed by atoms with Crippen molar-refractivity contribution in [2.24, 2.45) is 5.73 Å². The maximum Gasteiger partial charge on any atom is 0.128 e. The standard InChI is InChI=1S/C11H19N3/c1-3-7-14(4-2)11-8-10(9-12)5-6-13-11/h5-6,8H,3-4,7,9,12H2,1-2H3. The van der Waals surface area contributed by atoms with Gasteiger partial charge >= 0.3 is 0 Å². The number of pyridine rings is 1. The smallest absolute Gasteiger partial charge is 0.128 e. The number of anilines is 1. The van der Waals surface area contributed by atoms with E-state index >= 15 is 0 Å². The summed E-state index contributed by atoms with van der Waals surface area (Å²) in [5, 5.41) is 0. The molecule has 0 radical (unpaired) electrons. The lowest BCUT2D eigenvalue weighted by molar-refractivity contribution is 0.777. The van der Waals surface area contributed by atoms with Gasteiger partial charge in [0.2, 0.25) is 0 Å². The summed E-state index contributed by atoms with van der Waals surface area (Å²) in [6, 6.07) is 4.03. The minimum Gasteiger partial charge on any atom is -0.357 e. The Morgan fingerprint density at radius 2 is 2.21 bits per heavy atom. The molecule has 0 atom stereocenters. The molecule has 1 aromatic rings. The molecule has 3 nitrogen and oxygen atoms in total. The van der Waals surface area contributed by atoms with Crippen LogP contribution in [0.4, 0.5) is 5.82 Å². The number of aromatic nitrogens is 1. The predicted octanol–water partition coefficient (Wildman–Crippen LogP) is 1.78. The minimum absolute atomic E-state index is 0.583. The van der Waals surface area contributed by atoms with E-state index in [1.54, 1.807) is 0 Å². The molecule has 0 fully saturated rings. The fourth-order valence-corrected chi connectivity index (χ4v) is 1.47. The Balaban J connectivity index is 2.80. The molecule has 0 aliphatic heterocycles. The van der Waals surface area contributed by atoms with E-state index in [-0.39, 0.29) is 0 Å². The van der Waals surface area contributed by atoms with E-state index < -0.39 is 0 Å². The van der Waals surface area contributed by atoms with Crippen molar-refractivity contribution in [2.75, 3.05) is 18.0 Å². The van der Waals surface area contributed by atoms with E-state index in [0.29, 0.717) is 6.54 Å². The Bertz CT molecular complexity index is 273. The van der Waals surface area contributed by atoms with Gasteiger partial charge in [0.15, 0.2) is 0 Å². The van der Waals surface area contributed by atoms with Crippen molar-refractivity contribution >= 4 is 5.82 Å². The quantitative estimate of drug-likeness (QED) is 0.775. The molecule has 0 aromatic carbocycles. The second-order valence-electron chi connectivity index (χ2n) is 3.31. The first-order valence-corrected chi connectivity index (χ1v) is 5.21. The van der Waals surface area contributed by atoms with Gasteiger partial charge in [0, 0.05) is 25.8 Å². The molecule has 0 bridgehead atoms. The molecular weight excluding hydrogens is 174 g/mol. The predicted molar refractivity (Wildman–Crippen MR) is 60.3 cm³/mol. The van der Waals surface area contributed by atoms with Crippen LogP contribution in [0.5, 0.6) is 0 Å². The molecule has 14 heavy (non-hydrogen) atoms. The van der Waals surface area contributed by atoms with Crippen LogP contribution >= 0.6 is 0 Å². The van der Waals surface area contributed by atoms with Gasteiger partial charge in [0.25, 0.3) is 0 Å². The molecule has 3 heteroatoms. The molecule has 1 heterocycles. The van der Waals surface area contributed by atoms with Gasteiger partial charge in [-0.1, -0.05) is 6.92 Å². The van der Waals surface area contributed by atoms with Crippen molar-refractivity contribution in [2.45, 2.75) is 26.8 Å². The molecule has 78 valence electrons. The zero-order chi connectivity index (χ0) is 10.4. The van der Waals surface area contributed by atoms with Gasteiger partial charge < -0.3 is 10.6 Å². The van der Waals surface area contributed by atoms with Crippen molar-refractivity contribution in [3.8, 4) is 0 Å². The van der Waals surface area contributed by atoms with Crippen LogP contribution < -0.4 is 10.6 Å². The zero-order valence-electron chi connectivity index (χ0n) is 9.03. The van der Waals surface area contributed by atoms with Crippen LogP contribution in [-0.2, 0) is 6.54 Å². The highest BCUT2D eigenvalue weighted by atomic mass is 15.2. The summed E-state index contributed by atoms with van der Waals surface area (Å²) < 4.78 is 0. The molecule has 0 aliphatic carbocycles. The molecule has 0 spiro atoms. The number of nitrogens with two attached hydrogens (primary N) is 1. The number of hydrogen-bond donors (Lipinski definition) is 1. The lowest BCUT2D eigenvalue weighted by atomic mass is 10.2. The molecule has 0 unspecified atom stereocenters. The SMILES string of the molecule is CCCN(CC)c1cc(CN)ccn1. The van der Waals surface area contributed by atoms with Gasteiger partial charge in [-0.05, 0) is 31.0 Å². The van der Waals surface area contributed by atoms with Crippen molar-refractivity contribution in [1.29, 1.82) is 0 Å². The fourth-order valence-electron chi connectivity index (χ4n) is 1.47. The number of rotatable bonds is 5. The first-order valence-electron chi connectivity index (χ1n) is 5.21. The van der Waals surface area contributed by atoms with E-state index in [0.717, 1.165) is 30.9 Å². The third-order valence-corrected chi connectivity index (χ3v) is 2.24. The molecule has 1 rings (SSSR count). The molecule has 2 N–H and O–H groups in total. The van der Waals surface area contributed by atoms with E-state index in [1.807, 2.05) is 12.3 Å². The summed E-state index contributed by atoms with van der Waals surface area (Å²) in [6.07, 6.45) is 2.97. The van der Waals surface area contributed by atoms with Crippen LogP contribution in [0.25, 0.3) is 0 Å². The van der Waals surface area contributed by atoms with Crippen LogP contribution in [0.3, 0.4) is 0 Å². The third kappa shape index (κ3) is 2.70. The van der Waals surface area contributed by atoms with Gasteiger partial charge in [-0.15, -0.1) is 0 Å². The molecule has 0 saturated carbocycles. The zero-order valence-corrected chi connectivity index (χ0v) is 9.03. The summed E-state index contributed by atoms with van der Waals surface area (Å²) in [6.45, 7) is 6.95. The van der Waals surface area contributed by atoms with Crippen LogP contribution in [0.2, 0.25) is 0 Å². The largest absolute Gasteiger partial charge is 0.357 e. The van der Waals surface area contributed by atoms with E-state index in [1.165, 1.54) is 0 Å². The van der Waals surface area contributed by atoms with E-state index in [4.69, 9.17) is 5.73 Å². The van der Waals surface area contributed by atoms with Crippen LogP contribution in [0.1, 0.15) is 25.8 Å². The number of hydrogen-bond acceptors (Lipinski definition) is 3. The number of nitrogens with zero attached hydrogens (tertiary/aromatic N) is 2. The molecule has 1 aromatic heterocycles. The first-order chi connectivity index (χ1) is 6.81. The highest BCUT2D eigenvalue weighted by Gasteiger charge is 2.04. The van der Waals surface area contributed by atoms with Gasteiger partial charge in [0.1, 0.15) is 5.82 Å². The van der Waals surface area contributed by atoms with Gasteiger partial charge in [-0.3, -0.25) is 0 Å². The minimum atomic E-state index is 0.583.